The summed E-state index contributed by atoms with van der Waals surface area (Å²) in [6.07, 6.45) is -0.629. The number of carbonyl (C=O) groups excluding carboxylic acids is 2. The summed E-state index contributed by atoms with van der Waals surface area (Å²) in [6, 6.07) is 4.47. The van der Waals surface area contributed by atoms with Crippen molar-refractivity contribution < 1.29 is 23.9 Å². The Morgan fingerprint density at radius 2 is 2.00 bits per heavy atom. The van der Waals surface area contributed by atoms with Gasteiger partial charge in [-0.2, -0.15) is 0 Å². The maximum Gasteiger partial charge on any atom is 0.321 e. The van der Waals surface area contributed by atoms with Gasteiger partial charge in [-0.15, -0.1) is 0 Å². The van der Waals surface area contributed by atoms with Crippen LogP contribution in [0, 0.1) is 5.82 Å². The van der Waals surface area contributed by atoms with Gasteiger partial charge in [0.15, 0.2) is 0 Å². The average molecular weight is 282 g/mol. The first-order valence-electron chi connectivity index (χ1n) is 5.96. The lowest BCUT2D eigenvalue weighted by Gasteiger charge is -2.14. The second kappa shape index (κ2) is 7.22. The van der Waals surface area contributed by atoms with E-state index in [4.69, 9.17) is 5.11 Å². The van der Waals surface area contributed by atoms with Crippen LogP contribution in [-0.4, -0.2) is 23.0 Å². The lowest BCUT2D eigenvalue weighted by molar-refractivity contribution is -0.138. The summed E-state index contributed by atoms with van der Waals surface area (Å²) in [4.78, 5) is 33.0. The molecule has 0 aliphatic rings. The number of benzene rings is 1. The van der Waals surface area contributed by atoms with Crippen LogP contribution in [0.25, 0.3) is 0 Å². The highest BCUT2D eigenvalue weighted by Gasteiger charge is 2.13. The van der Waals surface area contributed by atoms with E-state index in [1.807, 2.05) is 5.32 Å². The number of rotatable bonds is 5. The van der Waals surface area contributed by atoms with Gasteiger partial charge in [-0.3, -0.25) is 14.9 Å². The molecule has 0 radical (unpaired) electrons. The molecule has 108 valence electrons. The molecule has 1 aromatic rings. The van der Waals surface area contributed by atoms with Crippen LogP contribution in [0.1, 0.15) is 31.4 Å². The molecule has 3 amide bonds. The summed E-state index contributed by atoms with van der Waals surface area (Å²) in [5.41, 5.74) is 0.554. The molecule has 1 rings (SSSR count). The largest absolute Gasteiger partial charge is 0.481 e. The van der Waals surface area contributed by atoms with E-state index < -0.39 is 29.8 Å². The van der Waals surface area contributed by atoms with Crippen molar-refractivity contribution in [2.45, 2.75) is 25.8 Å². The van der Waals surface area contributed by atoms with Crippen molar-refractivity contribution in [3.63, 3.8) is 0 Å². The van der Waals surface area contributed by atoms with Crippen molar-refractivity contribution in [3.8, 4) is 0 Å². The number of amides is 3. The topological polar surface area (TPSA) is 95.5 Å². The van der Waals surface area contributed by atoms with E-state index in [2.05, 4.69) is 5.32 Å². The molecule has 1 atom stereocenters. The molecule has 0 aliphatic carbocycles. The highest BCUT2D eigenvalue weighted by molar-refractivity contribution is 5.95. The molecule has 20 heavy (non-hydrogen) atoms. The Balaban J connectivity index is 2.45. The predicted molar refractivity (Wildman–Crippen MR) is 68.4 cm³/mol. The number of hydrogen-bond donors (Lipinski definition) is 3. The second-order valence-corrected chi connectivity index (χ2v) is 4.19. The highest BCUT2D eigenvalue weighted by atomic mass is 19.1. The van der Waals surface area contributed by atoms with E-state index in [0.29, 0.717) is 5.56 Å². The number of carboxylic acid groups (broad SMARTS) is 1. The fourth-order valence-electron chi connectivity index (χ4n) is 1.50. The van der Waals surface area contributed by atoms with Gasteiger partial charge in [-0.25, -0.2) is 9.18 Å². The van der Waals surface area contributed by atoms with E-state index in [-0.39, 0.29) is 12.8 Å². The van der Waals surface area contributed by atoms with E-state index in [1.54, 1.807) is 13.0 Å². The molecule has 6 nitrogen and oxygen atoms in total. The quantitative estimate of drug-likeness (QED) is 0.764. The summed E-state index contributed by atoms with van der Waals surface area (Å²) >= 11 is 0. The highest BCUT2D eigenvalue weighted by Crippen LogP contribution is 2.12. The SMILES string of the molecule is CC(NC(=O)NC(=O)CCC(=O)O)c1cccc(F)c1. The Hall–Kier alpha value is -2.44. The lowest BCUT2D eigenvalue weighted by atomic mass is 10.1. The van der Waals surface area contributed by atoms with Crippen LogP contribution in [0.5, 0.6) is 0 Å². The average Bonchev–Trinajstić information content (AvgIpc) is 2.36. The van der Waals surface area contributed by atoms with E-state index in [1.165, 1.54) is 18.2 Å². The fourth-order valence-corrected chi connectivity index (χ4v) is 1.50. The summed E-state index contributed by atoms with van der Waals surface area (Å²) in [7, 11) is 0. The Kier molecular flexibility index (Phi) is 5.64. The van der Waals surface area contributed by atoms with Crippen molar-refractivity contribution in [1.82, 2.24) is 10.6 Å². The Morgan fingerprint density at radius 1 is 1.30 bits per heavy atom. The number of hydrogen-bond acceptors (Lipinski definition) is 3. The molecule has 0 bridgehead atoms. The molecule has 1 aromatic carbocycles. The van der Waals surface area contributed by atoms with Gasteiger partial charge in [0.05, 0.1) is 12.5 Å². The van der Waals surface area contributed by atoms with Crippen LogP contribution in [0.2, 0.25) is 0 Å². The van der Waals surface area contributed by atoms with Gasteiger partial charge in [-0.05, 0) is 24.6 Å². The van der Waals surface area contributed by atoms with Crippen LogP contribution >= 0.6 is 0 Å². The lowest BCUT2D eigenvalue weighted by Crippen LogP contribution is -2.40. The molecule has 0 aliphatic heterocycles. The zero-order chi connectivity index (χ0) is 15.1. The number of carbonyl (C=O) groups is 3. The van der Waals surface area contributed by atoms with Gasteiger partial charge in [0.1, 0.15) is 5.82 Å². The summed E-state index contributed by atoms with van der Waals surface area (Å²) in [5.74, 6) is -2.22. The van der Waals surface area contributed by atoms with Crippen LogP contribution in [0.15, 0.2) is 24.3 Å². The Labute approximate surface area is 115 Å². The van der Waals surface area contributed by atoms with E-state index in [9.17, 15) is 18.8 Å². The molecule has 0 heterocycles. The smallest absolute Gasteiger partial charge is 0.321 e. The minimum Gasteiger partial charge on any atom is -0.481 e. The standard InChI is InChI=1S/C13H15FN2O4/c1-8(9-3-2-4-10(14)7-9)15-13(20)16-11(17)5-6-12(18)19/h2-4,7-8H,5-6H2,1H3,(H,18,19)(H2,15,16,17,20). The molecule has 0 spiro atoms. The Morgan fingerprint density at radius 3 is 2.60 bits per heavy atom. The van der Waals surface area contributed by atoms with Crippen molar-refractivity contribution in [2.75, 3.05) is 0 Å². The van der Waals surface area contributed by atoms with E-state index in [0.717, 1.165) is 0 Å². The summed E-state index contributed by atoms with van der Waals surface area (Å²) in [5, 5.41) is 12.9. The van der Waals surface area contributed by atoms with Crippen molar-refractivity contribution >= 4 is 17.9 Å². The first-order valence-corrected chi connectivity index (χ1v) is 5.96. The third kappa shape index (κ3) is 5.47. The molecule has 0 saturated carbocycles. The first-order chi connectivity index (χ1) is 9.38. The monoisotopic (exact) mass is 282 g/mol. The minimum atomic E-state index is -1.12. The fraction of sp³-hybridized carbons (Fsp3) is 0.308. The van der Waals surface area contributed by atoms with E-state index >= 15 is 0 Å². The molecule has 1 unspecified atom stereocenters. The number of carboxylic acids is 1. The van der Waals surface area contributed by atoms with Crippen LogP contribution in [-0.2, 0) is 9.59 Å². The zero-order valence-electron chi connectivity index (χ0n) is 10.9. The number of halogens is 1. The van der Waals surface area contributed by atoms with Gasteiger partial charge in [0.25, 0.3) is 0 Å². The van der Waals surface area contributed by atoms with Gasteiger partial charge in [-0.1, -0.05) is 12.1 Å². The van der Waals surface area contributed by atoms with Crippen molar-refractivity contribution in [2.24, 2.45) is 0 Å². The van der Waals surface area contributed by atoms with Crippen LogP contribution in [0.3, 0.4) is 0 Å². The first kappa shape index (κ1) is 15.6. The third-order valence-corrected chi connectivity index (χ3v) is 2.52. The number of urea groups is 1. The molecule has 0 saturated heterocycles. The molecule has 7 heteroatoms. The summed E-state index contributed by atoms with van der Waals surface area (Å²) in [6.45, 7) is 1.63. The van der Waals surface area contributed by atoms with Gasteiger partial charge in [0.2, 0.25) is 5.91 Å². The van der Waals surface area contributed by atoms with Gasteiger partial charge in [0, 0.05) is 6.42 Å². The van der Waals surface area contributed by atoms with Gasteiger partial charge >= 0.3 is 12.0 Å². The van der Waals surface area contributed by atoms with Crippen LogP contribution in [0.4, 0.5) is 9.18 Å². The molecular weight excluding hydrogens is 267 g/mol. The normalized spacial score (nSPS) is 11.5. The number of imide groups is 1. The Bertz CT molecular complexity index is 519. The minimum absolute atomic E-state index is 0.281. The molecule has 0 aromatic heterocycles. The summed E-state index contributed by atoms with van der Waals surface area (Å²) < 4.78 is 13.0. The molecule has 3 N–H and O–H groups in total. The second-order valence-electron chi connectivity index (χ2n) is 4.19. The van der Waals surface area contributed by atoms with Gasteiger partial charge < -0.3 is 10.4 Å². The maximum absolute atomic E-state index is 13.0. The van der Waals surface area contributed by atoms with Crippen molar-refractivity contribution in [3.05, 3.63) is 35.6 Å². The maximum atomic E-state index is 13.0. The van der Waals surface area contributed by atoms with Crippen LogP contribution < -0.4 is 10.6 Å². The zero-order valence-corrected chi connectivity index (χ0v) is 10.9. The van der Waals surface area contributed by atoms with Crippen molar-refractivity contribution in [1.29, 1.82) is 0 Å². The predicted octanol–water partition coefficient (Wildman–Crippen LogP) is 1.58. The number of aliphatic carboxylic acids is 1. The number of nitrogens with one attached hydrogen (secondary N) is 2. The molecule has 0 fully saturated rings. The molecular formula is C13H15FN2O4. The third-order valence-electron chi connectivity index (χ3n) is 2.52.